The highest BCUT2D eigenvalue weighted by Gasteiger charge is 2.24. The van der Waals surface area contributed by atoms with E-state index in [1.54, 1.807) is 10.9 Å². The third kappa shape index (κ3) is 4.69. The van der Waals surface area contributed by atoms with Crippen molar-refractivity contribution in [1.29, 1.82) is 0 Å². The number of aryl methyl sites for hydroxylation is 3. The molecule has 0 saturated heterocycles. The third-order valence-electron chi connectivity index (χ3n) is 6.21. The SMILES string of the molecule is Cc1cc(C(=O)N2CCCCCOc3ccccc3Oc3ncccc3C2)c2c(C)nn(C)c2n1. The summed E-state index contributed by atoms with van der Waals surface area (Å²) >= 11 is 0. The number of fused-ring (bicyclic) bond motifs is 3. The number of ether oxygens (including phenoxy) is 2. The van der Waals surface area contributed by atoms with E-state index in [4.69, 9.17) is 9.47 Å². The van der Waals surface area contributed by atoms with Crippen LogP contribution in [0.3, 0.4) is 0 Å². The summed E-state index contributed by atoms with van der Waals surface area (Å²) in [6.07, 6.45) is 4.40. The summed E-state index contributed by atoms with van der Waals surface area (Å²) in [4.78, 5) is 25.0. The number of carbonyl (C=O) groups is 1. The van der Waals surface area contributed by atoms with E-state index in [1.165, 1.54) is 0 Å². The Labute approximate surface area is 204 Å². The number of aromatic nitrogens is 4. The maximum atomic E-state index is 14.0. The van der Waals surface area contributed by atoms with Crippen molar-refractivity contribution in [3.8, 4) is 17.4 Å². The average Bonchev–Trinajstić information content (AvgIpc) is 3.14. The van der Waals surface area contributed by atoms with Crippen molar-refractivity contribution in [2.75, 3.05) is 13.2 Å². The van der Waals surface area contributed by atoms with E-state index in [9.17, 15) is 4.79 Å². The minimum absolute atomic E-state index is 0.0436. The van der Waals surface area contributed by atoms with Crippen LogP contribution in [0.5, 0.6) is 17.4 Å². The van der Waals surface area contributed by atoms with Crippen molar-refractivity contribution < 1.29 is 14.3 Å². The second kappa shape index (κ2) is 9.74. The van der Waals surface area contributed by atoms with Gasteiger partial charge in [0.1, 0.15) is 0 Å². The van der Waals surface area contributed by atoms with Gasteiger partial charge in [0, 0.05) is 31.0 Å². The van der Waals surface area contributed by atoms with Gasteiger partial charge >= 0.3 is 0 Å². The van der Waals surface area contributed by atoms with E-state index in [1.807, 2.05) is 68.3 Å². The monoisotopic (exact) mass is 471 g/mol. The van der Waals surface area contributed by atoms with Crippen LogP contribution in [0.15, 0.2) is 48.7 Å². The van der Waals surface area contributed by atoms with Gasteiger partial charge in [0.2, 0.25) is 5.88 Å². The summed E-state index contributed by atoms with van der Waals surface area (Å²) < 4.78 is 13.9. The molecule has 8 heteroatoms. The highest BCUT2D eigenvalue weighted by Crippen LogP contribution is 2.33. The highest BCUT2D eigenvalue weighted by atomic mass is 16.5. The predicted molar refractivity (Wildman–Crippen MR) is 133 cm³/mol. The molecule has 0 aliphatic carbocycles. The average molecular weight is 472 g/mol. The second-order valence-corrected chi connectivity index (χ2v) is 8.87. The van der Waals surface area contributed by atoms with E-state index < -0.39 is 0 Å². The molecule has 180 valence electrons. The first-order chi connectivity index (χ1) is 17.0. The Hall–Kier alpha value is -3.94. The van der Waals surface area contributed by atoms with E-state index in [0.717, 1.165) is 47.2 Å². The van der Waals surface area contributed by atoms with E-state index >= 15 is 0 Å². The molecule has 1 aliphatic rings. The minimum Gasteiger partial charge on any atom is -0.490 e. The van der Waals surface area contributed by atoms with Crippen LogP contribution in [0.4, 0.5) is 0 Å². The number of hydrogen-bond donors (Lipinski definition) is 0. The number of carbonyl (C=O) groups excluding carboxylic acids is 1. The number of pyridine rings is 2. The molecule has 3 aromatic heterocycles. The number of benzene rings is 1. The summed E-state index contributed by atoms with van der Waals surface area (Å²) in [7, 11) is 1.86. The van der Waals surface area contributed by atoms with Gasteiger partial charge in [0.25, 0.3) is 5.91 Å². The van der Waals surface area contributed by atoms with Crippen molar-refractivity contribution in [2.24, 2.45) is 7.05 Å². The second-order valence-electron chi connectivity index (χ2n) is 8.87. The fraction of sp³-hybridized carbons (Fsp3) is 0.333. The fourth-order valence-corrected chi connectivity index (χ4v) is 4.52. The van der Waals surface area contributed by atoms with E-state index in [2.05, 4.69) is 15.1 Å². The summed E-state index contributed by atoms with van der Waals surface area (Å²) in [5, 5.41) is 5.31. The topological polar surface area (TPSA) is 82.4 Å². The first kappa shape index (κ1) is 22.8. The van der Waals surface area contributed by atoms with Crippen LogP contribution in [0.25, 0.3) is 11.0 Å². The lowest BCUT2D eigenvalue weighted by Crippen LogP contribution is -2.32. The standard InChI is InChI=1S/C27H29N5O3/c1-18-16-21(24-19(2)30-31(3)25(24)29-18)27(33)32-14-7-4-8-15-34-22-11-5-6-12-23(22)35-26-20(17-32)10-9-13-28-26/h5-6,9-13,16H,4,7-8,14-15,17H2,1-3H3. The Morgan fingerprint density at radius 3 is 2.71 bits per heavy atom. The summed E-state index contributed by atoms with van der Waals surface area (Å²) in [6.45, 7) is 5.40. The van der Waals surface area contributed by atoms with Crippen LogP contribution in [0.1, 0.15) is 46.6 Å². The molecule has 4 heterocycles. The number of rotatable bonds is 1. The minimum atomic E-state index is -0.0436. The maximum absolute atomic E-state index is 14.0. The van der Waals surface area contributed by atoms with Crippen LogP contribution < -0.4 is 9.47 Å². The molecule has 1 aromatic carbocycles. The van der Waals surface area contributed by atoms with Crippen molar-refractivity contribution in [3.05, 3.63) is 71.2 Å². The van der Waals surface area contributed by atoms with E-state index in [0.29, 0.717) is 42.6 Å². The van der Waals surface area contributed by atoms with Crippen LogP contribution in [0.2, 0.25) is 0 Å². The van der Waals surface area contributed by atoms with Crippen molar-refractivity contribution in [1.82, 2.24) is 24.6 Å². The first-order valence-electron chi connectivity index (χ1n) is 11.9. The normalized spacial score (nSPS) is 14.5. The maximum Gasteiger partial charge on any atom is 0.255 e. The number of amides is 1. The predicted octanol–water partition coefficient (Wildman–Crippen LogP) is 4.98. The molecule has 0 radical (unpaired) electrons. The molecule has 35 heavy (non-hydrogen) atoms. The van der Waals surface area contributed by atoms with Crippen LogP contribution >= 0.6 is 0 Å². The van der Waals surface area contributed by atoms with Crippen LogP contribution in [-0.4, -0.2) is 43.7 Å². The summed E-state index contributed by atoms with van der Waals surface area (Å²) in [5.41, 5.74) is 3.76. The van der Waals surface area contributed by atoms with Crippen LogP contribution in [-0.2, 0) is 13.6 Å². The Balaban J connectivity index is 1.54. The number of hydrogen-bond acceptors (Lipinski definition) is 6. The molecule has 0 spiro atoms. The zero-order chi connectivity index (χ0) is 24.4. The lowest BCUT2D eigenvalue weighted by atomic mass is 10.1. The molecular weight excluding hydrogens is 442 g/mol. The Morgan fingerprint density at radius 1 is 1.03 bits per heavy atom. The van der Waals surface area contributed by atoms with E-state index in [-0.39, 0.29) is 5.91 Å². The molecule has 0 fully saturated rings. The summed E-state index contributed by atoms with van der Waals surface area (Å²) in [5.74, 6) is 1.73. The molecule has 0 saturated carbocycles. The van der Waals surface area contributed by atoms with Gasteiger partial charge in [-0.2, -0.15) is 5.10 Å². The molecule has 1 aliphatic heterocycles. The smallest absolute Gasteiger partial charge is 0.255 e. The third-order valence-corrected chi connectivity index (χ3v) is 6.21. The number of para-hydroxylation sites is 2. The van der Waals surface area contributed by atoms with Gasteiger partial charge in [-0.25, -0.2) is 9.97 Å². The summed E-state index contributed by atoms with van der Waals surface area (Å²) in [6, 6.07) is 13.3. The van der Waals surface area contributed by atoms with Gasteiger partial charge in [0.05, 0.1) is 29.8 Å². The first-order valence-corrected chi connectivity index (χ1v) is 11.9. The largest absolute Gasteiger partial charge is 0.490 e. The lowest BCUT2D eigenvalue weighted by molar-refractivity contribution is 0.0740. The lowest BCUT2D eigenvalue weighted by Gasteiger charge is -2.24. The molecule has 5 rings (SSSR count). The molecule has 1 amide bonds. The van der Waals surface area contributed by atoms with Crippen molar-refractivity contribution in [2.45, 2.75) is 39.7 Å². The highest BCUT2D eigenvalue weighted by molar-refractivity contribution is 6.06. The fourth-order valence-electron chi connectivity index (χ4n) is 4.52. The van der Waals surface area contributed by atoms with Crippen molar-refractivity contribution in [3.63, 3.8) is 0 Å². The Bertz CT molecular complexity index is 1380. The van der Waals surface area contributed by atoms with Crippen molar-refractivity contribution >= 4 is 16.9 Å². The molecule has 4 aromatic rings. The Morgan fingerprint density at radius 2 is 1.86 bits per heavy atom. The molecule has 0 atom stereocenters. The van der Waals surface area contributed by atoms with Crippen LogP contribution in [0, 0.1) is 13.8 Å². The molecular formula is C27H29N5O3. The molecule has 0 N–H and O–H groups in total. The van der Waals surface area contributed by atoms with Gasteiger partial charge in [-0.3, -0.25) is 9.48 Å². The van der Waals surface area contributed by atoms with Gasteiger partial charge in [0.15, 0.2) is 17.1 Å². The van der Waals surface area contributed by atoms with Gasteiger partial charge in [-0.05, 0) is 57.4 Å². The van der Waals surface area contributed by atoms with Gasteiger partial charge in [-0.1, -0.05) is 18.2 Å². The zero-order valence-corrected chi connectivity index (χ0v) is 20.3. The molecule has 0 bridgehead atoms. The Kier molecular flexibility index (Phi) is 6.35. The molecule has 0 unspecified atom stereocenters. The van der Waals surface area contributed by atoms with Gasteiger partial charge < -0.3 is 14.4 Å². The molecule has 8 nitrogen and oxygen atoms in total. The van der Waals surface area contributed by atoms with Gasteiger partial charge in [-0.15, -0.1) is 0 Å². The number of nitrogens with zero attached hydrogens (tertiary/aromatic N) is 5. The quantitative estimate of drug-likeness (QED) is 0.390. The zero-order valence-electron chi connectivity index (χ0n) is 20.3.